The minimum Gasteiger partial charge on any atom is -0.468 e. The highest BCUT2D eigenvalue weighted by Crippen LogP contribution is 2.22. The molecule has 0 saturated carbocycles. The molecule has 0 aliphatic rings. The highest BCUT2D eigenvalue weighted by molar-refractivity contribution is 7.90. The van der Waals surface area contributed by atoms with Crippen LogP contribution in [-0.4, -0.2) is 34.5 Å². The van der Waals surface area contributed by atoms with Gasteiger partial charge in [0.15, 0.2) is 0 Å². The van der Waals surface area contributed by atoms with Gasteiger partial charge in [-0.05, 0) is 37.3 Å². The van der Waals surface area contributed by atoms with Crippen molar-refractivity contribution in [2.24, 2.45) is 9.54 Å². The Morgan fingerprint density at radius 1 is 1.10 bits per heavy atom. The molecule has 0 aliphatic heterocycles. The third-order valence-corrected chi connectivity index (χ3v) is 7.36. The van der Waals surface area contributed by atoms with E-state index in [0.717, 1.165) is 16.9 Å². The largest absolute Gasteiger partial charge is 0.468 e. The summed E-state index contributed by atoms with van der Waals surface area (Å²) in [4.78, 5) is 11.7. The number of rotatable bonds is 5. The summed E-state index contributed by atoms with van der Waals surface area (Å²) in [5.74, 6) is -0.616. The molecule has 0 fully saturated rings. The molecule has 0 spiro atoms. The summed E-state index contributed by atoms with van der Waals surface area (Å²) in [6.07, 6.45) is 0. The second kappa shape index (κ2) is 7.71. The number of hydrogen-bond acceptors (Lipinski definition) is 7. The zero-order valence-corrected chi connectivity index (χ0v) is 17.8. The van der Waals surface area contributed by atoms with Crippen molar-refractivity contribution in [1.29, 1.82) is 0 Å². The number of fused-ring (bicyclic) bond motifs is 1. The standard InChI is InChI=1S/C17H17N3O6S3/c1-11-3-5-12(6-4-11)29(24,25)19-17-20(10-16(21)26-2)14-8-7-13(28(18,22)23)9-15(14)27-17/h3-9H,10H2,1-2H3,(H2,18,22,23). The van der Waals surface area contributed by atoms with Gasteiger partial charge in [-0.25, -0.2) is 13.6 Å². The Labute approximate surface area is 171 Å². The number of ether oxygens (including phenoxy) is 1. The maximum atomic E-state index is 12.7. The van der Waals surface area contributed by atoms with E-state index in [2.05, 4.69) is 9.13 Å². The molecule has 0 atom stereocenters. The van der Waals surface area contributed by atoms with Crippen LogP contribution < -0.4 is 9.94 Å². The number of primary sulfonamides is 1. The summed E-state index contributed by atoms with van der Waals surface area (Å²) >= 11 is 0.921. The molecule has 154 valence electrons. The van der Waals surface area contributed by atoms with Crippen LogP contribution in [0, 0.1) is 6.92 Å². The van der Waals surface area contributed by atoms with Crippen molar-refractivity contribution < 1.29 is 26.4 Å². The van der Waals surface area contributed by atoms with Crippen LogP contribution in [0.25, 0.3) is 10.2 Å². The molecule has 0 saturated heterocycles. The van der Waals surface area contributed by atoms with Gasteiger partial charge in [-0.1, -0.05) is 29.0 Å². The number of sulfonamides is 2. The molecule has 0 amide bonds. The minimum absolute atomic E-state index is 0.00227. The SMILES string of the molecule is COC(=O)Cn1c(=NS(=O)(=O)c2ccc(C)cc2)sc2cc(S(N)(=O)=O)ccc21. The Morgan fingerprint density at radius 3 is 2.31 bits per heavy atom. The van der Waals surface area contributed by atoms with Crippen molar-refractivity contribution in [2.45, 2.75) is 23.3 Å². The van der Waals surface area contributed by atoms with E-state index >= 15 is 0 Å². The van der Waals surface area contributed by atoms with Crippen molar-refractivity contribution in [3.05, 3.63) is 52.8 Å². The van der Waals surface area contributed by atoms with E-state index in [1.807, 2.05) is 6.92 Å². The summed E-state index contributed by atoms with van der Waals surface area (Å²) in [7, 11) is -6.81. The predicted octanol–water partition coefficient (Wildman–Crippen LogP) is 1.12. The van der Waals surface area contributed by atoms with Crippen molar-refractivity contribution in [3.63, 3.8) is 0 Å². The normalized spacial score (nSPS) is 13.0. The third-order valence-electron chi connectivity index (χ3n) is 4.01. The number of methoxy groups -OCH3 is 1. The van der Waals surface area contributed by atoms with Crippen LogP contribution in [0.3, 0.4) is 0 Å². The van der Waals surface area contributed by atoms with Crippen molar-refractivity contribution in [1.82, 2.24) is 4.57 Å². The molecule has 1 heterocycles. The van der Waals surface area contributed by atoms with E-state index in [0.29, 0.717) is 10.2 Å². The third kappa shape index (κ3) is 4.56. The van der Waals surface area contributed by atoms with Crippen molar-refractivity contribution in [2.75, 3.05) is 7.11 Å². The molecular weight excluding hydrogens is 438 g/mol. The molecule has 29 heavy (non-hydrogen) atoms. The fourth-order valence-corrected chi connectivity index (χ4v) is 5.40. The number of thiazole rings is 1. The molecule has 3 aromatic rings. The first-order valence-electron chi connectivity index (χ1n) is 8.12. The smallest absolute Gasteiger partial charge is 0.325 e. The van der Waals surface area contributed by atoms with Crippen molar-refractivity contribution >= 4 is 47.6 Å². The van der Waals surface area contributed by atoms with Crippen LogP contribution in [0.15, 0.2) is 56.7 Å². The number of esters is 1. The Kier molecular flexibility index (Phi) is 5.63. The lowest BCUT2D eigenvalue weighted by molar-refractivity contribution is -0.141. The van der Waals surface area contributed by atoms with Gasteiger partial charge in [0.25, 0.3) is 10.0 Å². The quantitative estimate of drug-likeness (QED) is 0.572. The number of carbonyl (C=O) groups excluding carboxylic acids is 1. The highest BCUT2D eigenvalue weighted by atomic mass is 32.2. The molecule has 9 nitrogen and oxygen atoms in total. The summed E-state index contributed by atoms with van der Waals surface area (Å²) in [6, 6.07) is 10.2. The number of nitrogens with two attached hydrogens (primary N) is 1. The molecule has 1 aromatic heterocycles. The van der Waals surface area contributed by atoms with Crippen LogP contribution in [0.2, 0.25) is 0 Å². The number of carbonyl (C=O) groups is 1. The van der Waals surface area contributed by atoms with Crippen LogP contribution >= 0.6 is 11.3 Å². The van der Waals surface area contributed by atoms with E-state index in [1.54, 1.807) is 12.1 Å². The Morgan fingerprint density at radius 2 is 1.72 bits per heavy atom. The highest BCUT2D eigenvalue weighted by Gasteiger charge is 2.18. The molecule has 2 N–H and O–H groups in total. The van der Waals surface area contributed by atoms with Gasteiger partial charge in [-0.3, -0.25) is 4.79 Å². The second-order valence-corrected chi connectivity index (χ2v) is 10.3. The van der Waals surface area contributed by atoms with Gasteiger partial charge >= 0.3 is 5.97 Å². The van der Waals surface area contributed by atoms with Crippen LogP contribution in [0.4, 0.5) is 0 Å². The van der Waals surface area contributed by atoms with Gasteiger partial charge in [0.1, 0.15) is 6.54 Å². The van der Waals surface area contributed by atoms with E-state index in [4.69, 9.17) is 5.14 Å². The monoisotopic (exact) mass is 455 g/mol. The zero-order chi connectivity index (χ0) is 21.4. The molecule has 0 radical (unpaired) electrons. The Hall–Kier alpha value is -2.54. The molecule has 12 heteroatoms. The summed E-state index contributed by atoms with van der Waals surface area (Å²) in [5, 5.41) is 5.16. The molecule has 0 unspecified atom stereocenters. The number of aryl methyl sites for hydroxylation is 1. The number of benzene rings is 2. The van der Waals surface area contributed by atoms with Gasteiger partial charge in [0.2, 0.25) is 14.8 Å². The molecule has 3 rings (SSSR count). The van der Waals surface area contributed by atoms with Gasteiger partial charge in [-0.15, -0.1) is 4.40 Å². The first-order valence-corrected chi connectivity index (χ1v) is 11.9. The molecule has 0 aliphatic carbocycles. The van der Waals surface area contributed by atoms with Crippen LogP contribution in [-0.2, 0) is 36.1 Å². The van der Waals surface area contributed by atoms with Gasteiger partial charge in [0, 0.05) is 0 Å². The minimum atomic E-state index is -4.06. The first-order chi connectivity index (χ1) is 13.5. The fraction of sp³-hybridized carbons (Fsp3) is 0.176. The van der Waals surface area contributed by atoms with Crippen LogP contribution in [0.1, 0.15) is 5.56 Å². The molecular formula is C17H17N3O6S3. The first kappa shape index (κ1) is 21.2. The van der Waals surface area contributed by atoms with Gasteiger partial charge in [-0.2, -0.15) is 8.42 Å². The lowest BCUT2D eigenvalue weighted by Gasteiger charge is -2.05. The van der Waals surface area contributed by atoms with Crippen molar-refractivity contribution in [3.8, 4) is 0 Å². The predicted molar refractivity (Wildman–Crippen MR) is 107 cm³/mol. The second-order valence-electron chi connectivity index (χ2n) is 6.10. The molecule has 2 aromatic carbocycles. The summed E-state index contributed by atoms with van der Waals surface area (Å²) in [5.41, 5.74) is 1.31. The van der Waals surface area contributed by atoms with Gasteiger partial charge in [0.05, 0.1) is 27.1 Å². The maximum Gasteiger partial charge on any atom is 0.325 e. The van der Waals surface area contributed by atoms with E-state index < -0.39 is 26.0 Å². The fourth-order valence-electron chi connectivity index (χ4n) is 2.51. The van der Waals surface area contributed by atoms with Gasteiger partial charge < -0.3 is 9.30 Å². The average Bonchev–Trinajstić information content (AvgIpc) is 2.97. The number of nitrogens with zero attached hydrogens (tertiary/aromatic N) is 2. The number of aromatic nitrogens is 1. The lowest BCUT2D eigenvalue weighted by Crippen LogP contribution is -2.22. The molecule has 0 bridgehead atoms. The summed E-state index contributed by atoms with van der Waals surface area (Å²) < 4.78 is 59.0. The zero-order valence-electron chi connectivity index (χ0n) is 15.4. The Bertz CT molecular complexity index is 1370. The summed E-state index contributed by atoms with van der Waals surface area (Å²) in [6.45, 7) is 1.53. The van der Waals surface area contributed by atoms with E-state index in [-0.39, 0.29) is 21.1 Å². The Balaban J connectivity index is 2.26. The average molecular weight is 456 g/mol. The van der Waals surface area contributed by atoms with E-state index in [9.17, 15) is 21.6 Å². The maximum absolute atomic E-state index is 12.7. The van der Waals surface area contributed by atoms with Crippen LogP contribution in [0.5, 0.6) is 0 Å². The topological polar surface area (TPSA) is 138 Å². The lowest BCUT2D eigenvalue weighted by atomic mass is 10.2. The van der Waals surface area contributed by atoms with E-state index in [1.165, 1.54) is 42.0 Å². The number of hydrogen-bond donors (Lipinski definition) is 1.